The summed E-state index contributed by atoms with van der Waals surface area (Å²) in [7, 11) is 3.29. The summed E-state index contributed by atoms with van der Waals surface area (Å²) < 4.78 is 10.3. The summed E-state index contributed by atoms with van der Waals surface area (Å²) in [6.07, 6.45) is 1.18. The maximum atomic E-state index is 11.9. The van der Waals surface area contributed by atoms with Gasteiger partial charge in [0.25, 0.3) is 0 Å². The number of carbonyl (C=O) groups is 1. The number of benzene rings is 1. The van der Waals surface area contributed by atoms with Crippen molar-refractivity contribution >= 4 is 5.91 Å². The van der Waals surface area contributed by atoms with E-state index in [0.29, 0.717) is 19.6 Å². The molecule has 0 saturated heterocycles. The molecule has 1 amide bonds. The van der Waals surface area contributed by atoms with Gasteiger partial charge in [-0.15, -0.1) is 0 Å². The van der Waals surface area contributed by atoms with Crippen molar-refractivity contribution in [2.75, 3.05) is 27.4 Å². The Morgan fingerprint density at radius 1 is 1.26 bits per heavy atom. The average molecular weight is 265 g/mol. The quantitative estimate of drug-likeness (QED) is 0.767. The number of amides is 1. The van der Waals surface area contributed by atoms with Crippen LogP contribution in [0, 0.1) is 13.8 Å². The van der Waals surface area contributed by atoms with E-state index in [4.69, 9.17) is 9.47 Å². The van der Waals surface area contributed by atoms with E-state index in [2.05, 4.69) is 11.4 Å². The monoisotopic (exact) mass is 265 g/mol. The van der Waals surface area contributed by atoms with Gasteiger partial charge in [-0.1, -0.05) is 6.07 Å². The molecule has 0 atom stereocenters. The molecule has 0 aliphatic carbocycles. The lowest BCUT2D eigenvalue weighted by molar-refractivity contribution is -0.120. The summed E-state index contributed by atoms with van der Waals surface area (Å²) in [6.45, 7) is 5.32. The van der Waals surface area contributed by atoms with E-state index >= 15 is 0 Å². The standard InChI is InChI=1S/C15H23NO3/c1-11-8-12(2)13(14(9-11)19-4)10-15(17)16-6-5-7-18-3/h8-9H,5-7,10H2,1-4H3,(H,16,17). The van der Waals surface area contributed by atoms with Crippen molar-refractivity contribution < 1.29 is 14.3 Å². The number of carbonyl (C=O) groups excluding carboxylic acids is 1. The fourth-order valence-corrected chi connectivity index (χ4v) is 2.03. The van der Waals surface area contributed by atoms with Crippen LogP contribution in [0.2, 0.25) is 0 Å². The van der Waals surface area contributed by atoms with Crippen LogP contribution in [0.5, 0.6) is 5.75 Å². The Bertz CT molecular complexity index is 430. The van der Waals surface area contributed by atoms with Gasteiger partial charge in [-0.25, -0.2) is 0 Å². The Balaban J connectivity index is 2.63. The molecule has 1 aromatic rings. The molecule has 0 saturated carbocycles. The minimum atomic E-state index is 0.0151. The van der Waals surface area contributed by atoms with Gasteiger partial charge in [0.15, 0.2) is 0 Å². The van der Waals surface area contributed by atoms with E-state index in [1.807, 2.05) is 19.9 Å². The molecule has 4 heteroatoms. The summed E-state index contributed by atoms with van der Waals surface area (Å²) in [6, 6.07) is 4.02. The van der Waals surface area contributed by atoms with Gasteiger partial charge >= 0.3 is 0 Å². The van der Waals surface area contributed by atoms with Crippen LogP contribution >= 0.6 is 0 Å². The summed E-state index contributed by atoms with van der Waals surface area (Å²) in [5, 5.41) is 2.88. The first-order valence-electron chi connectivity index (χ1n) is 6.48. The largest absolute Gasteiger partial charge is 0.496 e. The molecule has 4 nitrogen and oxygen atoms in total. The molecule has 19 heavy (non-hydrogen) atoms. The molecule has 0 bridgehead atoms. The predicted octanol–water partition coefficient (Wildman–Crippen LogP) is 2.01. The highest BCUT2D eigenvalue weighted by Gasteiger charge is 2.11. The fourth-order valence-electron chi connectivity index (χ4n) is 2.03. The molecule has 0 radical (unpaired) electrons. The first kappa shape index (κ1) is 15.5. The van der Waals surface area contributed by atoms with Crippen LogP contribution in [0.1, 0.15) is 23.1 Å². The highest BCUT2D eigenvalue weighted by atomic mass is 16.5. The molecule has 0 heterocycles. The second kappa shape index (κ2) is 7.79. The number of methoxy groups -OCH3 is 2. The summed E-state index contributed by atoms with van der Waals surface area (Å²) in [5.41, 5.74) is 3.18. The van der Waals surface area contributed by atoms with Crippen LogP contribution in [0.15, 0.2) is 12.1 Å². The Morgan fingerprint density at radius 2 is 2.00 bits per heavy atom. The fraction of sp³-hybridized carbons (Fsp3) is 0.533. The van der Waals surface area contributed by atoms with Crippen molar-refractivity contribution in [3.63, 3.8) is 0 Å². The topological polar surface area (TPSA) is 47.6 Å². The molecule has 1 rings (SSSR count). The molecule has 1 N–H and O–H groups in total. The van der Waals surface area contributed by atoms with E-state index in [9.17, 15) is 4.79 Å². The highest BCUT2D eigenvalue weighted by Crippen LogP contribution is 2.24. The van der Waals surface area contributed by atoms with E-state index in [1.165, 1.54) is 0 Å². The van der Waals surface area contributed by atoms with Crippen molar-refractivity contribution in [3.05, 3.63) is 28.8 Å². The molecular weight excluding hydrogens is 242 g/mol. The second-order valence-corrected chi connectivity index (χ2v) is 4.64. The van der Waals surface area contributed by atoms with Crippen molar-refractivity contribution in [2.24, 2.45) is 0 Å². The maximum absolute atomic E-state index is 11.9. The van der Waals surface area contributed by atoms with Gasteiger partial charge in [0.1, 0.15) is 5.75 Å². The third kappa shape index (κ3) is 4.91. The van der Waals surface area contributed by atoms with Crippen molar-refractivity contribution in [1.29, 1.82) is 0 Å². The van der Waals surface area contributed by atoms with E-state index in [0.717, 1.165) is 28.9 Å². The zero-order valence-electron chi connectivity index (χ0n) is 12.2. The van der Waals surface area contributed by atoms with Crippen LogP contribution in [-0.4, -0.2) is 33.3 Å². The van der Waals surface area contributed by atoms with Gasteiger partial charge in [0.2, 0.25) is 5.91 Å². The number of aryl methyl sites for hydroxylation is 2. The minimum Gasteiger partial charge on any atom is -0.496 e. The number of ether oxygens (including phenoxy) is 2. The summed E-state index contributed by atoms with van der Waals surface area (Å²) >= 11 is 0. The van der Waals surface area contributed by atoms with Crippen molar-refractivity contribution in [2.45, 2.75) is 26.7 Å². The molecule has 0 aliphatic rings. The van der Waals surface area contributed by atoms with Gasteiger partial charge in [0.05, 0.1) is 13.5 Å². The van der Waals surface area contributed by atoms with Crippen LogP contribution in [-0.2, 0) is 16.0 Å². The lowest BCUT2D eigenvalue weighted by Crippen LogP contribution is -2.27. The molecule has 0 aliphatic heterocycles. The van der Waals surface area contributed by atoms with Crippen molar-refractivity contribution in [3.8, 4) is 5.75 Å². The average Bonchev–Trinajstić information content (AvgIpc) is 2.37. The van der Waals surface area contributed by atoms with Gasteiger partial charge in [-0.05, 0) is 37.5 Å². The van der Waals surface area contributed by atoms with Gasteiger partial charge in [-0.3, -0.25) is 4.79 Å². The number of hydrogen-bond acceptors (Lipinski definition) is 3. The second-order valence-electron chi connectivity index (χ2n) is 4.64. The molecule has 0 spiro atoms. The summed E-state index contributed by atoms with van der Waals surface area (Å²) in [4.78, 5) is 11.9. The molecule has 0 unspecified atom stereocenters. The molecule has 1 aromatic carbocycles. The minimum absolute atomic E-state index is 0.0151. The normalized spacial score (nSPS) is 10.3. The third-order valence-electron chi connectivity index (χ3n) is 2.98. The Labute approximate surface area is 115 Å². The Hall–Kier alpha value is -1.55. The zero-order valence-corrected chi connectivity index (χ0v) is 12.2. The smallest absolute Gasteiger partial charge is 0.224 e. The molecule has 0 fully saturated rings. The number of rotatable bonds is 7. The zero-order chi connectivity index (χ0) is 14.3. The molecule has 0 aromatic heterocycles. The SMILES string of the molecule is COCCCNC(=O)Cc1c(C)cc(C)cc1OC. The maximum Gasteiger partial charge on any atom is 0.224 e. The van der Waals surface area contributed by atoms with Gasteiger partial charge in [0, 0.05) is 25.8 Å². The van der Waals surface area contributed by atoms with Crippen molar-refractivity contribution in [1.82, 2.24) is 5.32 Å². The van der Waals surface area contributed by atoms with Gasteiger partial charge < -0.3 is 14.8 Å². The Kier molecular flexibility index (Phi) is 6.36. The third-order valence-corrected chi connectivity index (χ3v) is 2.98. The molecular formula is C15H23NO3. The highest BCUT2D eigenvalue weighted by molar-refractivity contribution is 5.79. The van der Waals surface area contributed by atoms with Crippen LogP contribution in [0.25, 0.3) is 0 Å². The van der Waals surface area contributed by atoms with Crippen LogP contribution < -0.4 is 10.1 Å². The Morgan fingerprint density at radius 3 is 2.63 bits per heavy atom. The number of nitrogens with one attached hydrogen (secondary N) is 1. The molecule has 106 valence electrons. The van der Waals surface area contributed by atoms with Crippen LogP contribution in [0.4, 0.5) is 0 Å². The van der Waals surface area contributed by atoms with E-state index < -0.39 is 0 Å². The first-order chi connectivity index (χ1) is 9.08. The van der Waals surface area contributed by atoms with E-state index in [-0.39, 0.29) is 5.91 Å². The summed E-state index contributed by atoms with van der Waals surface area (Å²) in [5.74, 6) is 0.797. The number of hydrogen-bond donors (Lipinski definition) is 1. The van der Waals surface area contributed by atoms with E-state index in [1.54, 1.807) is 14.2 Å². The lowest BCUT2D eigenvalue weighted by atomic mass is 10.0. The lowest BCUT2D eigenvalue weighted by Gasteiger charge is -2.13. The van der Waals surface area contributed by atoms with Crippen LogP contribution in [0.3, 0.4) is 0 Å². The van der Waals surface area contributed by atoms with Gasteiger partial charge in [-0.2, -0.15) is 0 Å². The predicted molar refractivity (Wildman–Crippen MR) is 75.7 cm³/mol. The first-order valence-corrected chi connectivity index (χ1v) is 6.48.